The number of thiophene rings is 2. The van der Waals surface area contributed by atoms with E-state index in [1.54, 1.807) is 29.6 Å². The Hall–Kier alpha value is -1.92. The summed E-state index contributed by atoms with van der Waals surface area (Å²) in [5.41, 5.74) is 1.69. The van der Waals surface area contributed by atoms with Crippen molar-refractivity contribution in [1.29, 1.82) is 0 Å². The molecule has 1 amide bonds. The van der Waals surface area contributed by atoms with Crippen molar-refractivity contribution in [2.24, 2.45) is 0 Å². The van der Waals surface area contributed by atoms with Gasteiger partial charge in [-0.1, -0.05) is 6.07 Å². The Labute approximate surface area is 136 Å². The minimum atomic E-state index is -0.0408. The number of oxazole rings is 1. The van der Waals surface area contributed by atoms with Crippen molar-refractivity contribution in [2.75, 3.05) is 6.54 Å². The van der Waals surface area contributed by atoms with Gasteiger partial charge in [0.05, 0.1) is 4.88 Å². The zero-order valence-corrected chi connectivity index (χ0v) is 13.7. The lowest BCUT2D eigenvalue weighted by atomic mass is 10.1. The fourth-order valence-corrected chi connectivity index (χ4v) is 4.21. The third-order valence-electron chi connectivity index (χ3n) is 3.83. The Bertz CT molecular complexity index is 817. The summed E-state index contributed by atoms with van der Waals surface area (Å²) in [6.45, 7) is 3.21. The van der Waals surface area contributed by atoms with Crippen molar-refractivity contribution in [1.82, 2.24) is 9.88 Å². The summed E-state index contributed by atoms with van der Waals surface area (Å²) in [7, 11) is 0. The predicted molar refractivity (Wildman–Crippen MR) is 87.3 cm³/mol. The molecule has 1 aliphatic heterocycles. The van der Waals surface area contributed by atoms with Crippen molar-refractivity contribution in [2.45, 2.75) is 19.9 Å². The molecule has 4 heterocycles. The number of amides is 1. The molecular formula is C16H14N2O2S2. The lowest BCUT2D eigenvalue weighted by Gasteiger charge is -2.26. The van der Waals surface area contributed by atoms with Crippen molar-refractivity contribution in [3.8, 4) is 10.8 Å². The molecule has 112 valence electrons. The third-order valence-corrected chi connectivity index (χ3v) is 5.71. The SMILES string of the molecule is Cc1oc(-c2cccs2)nc1C(=O)N1CCc2sccc2C1. The van der Waals surface area contributed by atoms with Crippen molar-refractivity contribution in [3.05, 3.63) is 50.9 Å². The molecule has 0 bridgehead atoms. The first-order valence-corrected chi connectivity index (χ1v) is 8.84. The highest BCUT2D eigenvalue weighted by atomic mass is 32.1. The molecule has 4 rings (SSSR count). The molecule has 0 saturated carbocycles. The second-order valence-electron chi connectivity index (χ2n) is 5.25. The Morgan fingerprint density at radius 1 is 1.32 bits per heavy atom. The van der Waals surface area contributed by atoms with Gasteiger partial charge in [-0.3, -0.25) is 4.79 Å². The summed E-state index contributed by atoms with van der Waals surface area (Å²) in [4.78, 5) is 21.4. The topological polar surface area (TPSA) is 46.3 Å². The van der Waals surface area contributed by atoms with Crippen molar-refractivity contribution < 1.29 is 9.21 Å². The number of rotatable bonds is 2. The second kappa shape index (κ2) is 5.37. The highest BCUT2D eigenvalue weighted by Gasteiger charge is 2.27. The molecule has 0 fully saturated rings. The summed E-state index contributed by atoms with van der Waals surface area (Å²) in [6, 6.07) is 6.00. The van der Waals surface area contributed by atoms with Crippen LogP contribution in [0.2, 0.25) is 0 Å². The quantitative estimate of drug-likeness (QED) is 0.714. The lowest BCUT2D eigenvalue weighted by molar-refractivity contribution is 0.0729. The Kier molecular flexibility index (Phi) is 3.35. The Morgan fingerprint density at radius 2 is 2.23 bits per heavy atom. The smallest absolute Gasteiger partial charge is 0.276 e. The predicted octanol–water partition coefficient (Wildman–Crippen LogP) is 3.97. The van der Waals surface area contributed by atoms with Crippen LogP contribution in [-0.2, 0) is 13.0 Å². The Balaban J connectivity index is 1.61. The van der Waals surface area contributed by atoms with Crippen LogP contribution < -0.4 is 0 Å². The number of aryl methyl sites for hydroxylation is 1. The summed E-state index contributed by atoms with van der Waals surface area (Å²) in [5.74, 6) is 1.08. The number of aromatic nitrogens is 1. The van der Waals surface area contributed by atoms with Crippen LogP contribution in [0.5, 0.6) is 0 Å². The van der Waals surface area contributed by atoms with E-state index < -0.39 is 0 Å². The van der Waals surface area contributed by atoms with E-state index in [4.69, 9.17) is 4.42 Å². The number of hydrogen-bond acceptors (Lipinski definition) is 5. The zero-order valence-electron chi connectivity index (χ0n) is 12.0. The minimum absolute atomic E-state index is 0.0408. The van der Waals surface area contributed by atoms with E-state index in [0.717, 1.165) is 17.8 Å². The number of carbonyl (C=O) groups is 1. The standard InChI is InChI=1S/C16H14N2O2S2/c1-10-14(17-15(20-10)13-3-2-7-21-13)16(19)18-6-4-12-11(9-18)5-8-22-12/h2-3,5,7-8H,4,6,9H2,1H3. The third kappa shape index (κ3) is 2.28. The van der Waals surface area contributed by atoms with Crippen LogP contribution in [0.1, 0.15) is 26.7 Å². The monoisotopic (exact) mass is 330 g/mol. The number of hydrogen-bond donors (Lipinski definition) is 0. The number of carbonyl (C=O) groups excluding carboxylic acids is 1. The van der Waals surface area contributed by atoms with Crippen molar-refractivity contribution in [3.63, 3.8) is 0 Å². The molecule has 0 spiro atoms. The van der Waals surface area contributed by atoms with Gasteiger partial charge in [-0.25, -0.2) is 4.98 Å². The van der Waals surface area contributed by atoms with Gasteiger partial charge < -0.3 is 9.32 Å². The van der Waals surface area contributed by atoms with Crippen LogP contribution in [0.15, 0.2) is 33.4 Å². The van der Waals surface area contributed by atoms with E-state index >= 15 is 0 Å². The summed E-state index contributed by atoms with van der Waals surface area (Å²) in [6.07, 6.45) is 0.924. The largest absolute Gasteiger partial charge is 0.440 e. The molecule has 0 radical (unpaired) electrons. The molecule has 6 heteroatoms. The first-order valence-electron chi connectivity index (χ1n) is 7.08. The van der Waals surface area contributed by atoms with E-state index in [0.29, 0.717) is 23.9 Å². The van der Waals surface area contributed by atoms with Crippen LogP contribution in [0.3, 0.4) is 0 Å². The maximum absolute atomic E-state index is 12.7. The fourth-order valence-electron chi connectivity index (χ4n) is 2.67. The molecule has 1 aliphatic rings. The zero-order chi connectivity index (χ0) is 15.1. The van der Waals surface area contributed by atoms with Gasteiger partial charge in [-0.05, 0) is 41.8 Å². The van der Waals surface area contributed by atoms with Gasteiger partial charge in [-0.2, -0.15) is 0 Å². The molecule has 3 aromatic rings. The molecule has 0 aliphatic carbocycles. The van der Waals surface area contributed by atoms with Gasteiger partial charge in [0, 0.05) is 18.0 Å². The number of nitrogens with zero attached hydrogens (tertiary/aromatic N) is 2. The minimum Gasteiger partial charge on any atom is -0.440 e. The average Bonchev–Trinajstić information content (AvgIpc) is 3.25. The van der Waals surface area contributed by atoms with Crippen LogP contribution in [0, 0.1) is 6.92 Å². The molecule has 0 atom stereocenters. The molecule has 4 nitrogen and oxygen atoms in total. The Morgan fingerprint density at radius 3 is 3.05 bits per heavy atom. The molecule has 0 aromatic carbocycles. The van der Waals surface area contributed by atoms with E-state index in [1.807, 2.05) is 22.4 Å². The highest BCUT2D eigenvalue weighted by molar-refractivity contribution is 7.13. The van der Waals surface area contributed by atoms with Gasteiger partial charge in [0.25, 0.3) is 5.91 Å². The lowest BCUT2D eigenvalue weighted by Crippen LogP contribution is -2.35. The first kappa shape index (κ1) is 13.7. The van der Waals surface area contributed by atoms with Crippen LogP contribution in [0.4, 0.5) is 0 Å². The molecule has 0 unspecified atom stereocenters. The molecule has 0 N–H and O–H groups in total. The van der Waals surface area contributed by atoms with Gasteiger partial charge >= 0.3 is 0 Å². The van der Waals surface area contributed by atoms with Crippen LogP contribution >= 0.6 is 22.7 Å². The van der Waals surface area contributed by atoms with Crippen LogP contribution in [-0.4, -0.2) is 22.3 Å². The first-order chi connectivity index (χ1) is 10.7. The van der Waals surface area contributed by atoms with Gasteiger partial charge in [-0.15, -0.1) is 22.7 Å². The molecule has 22 heavy (non-hydrogen) atoms. The average molecular weight is 330 g/mol. The molecular weight excluding hydrogens is 316 g/mol. The maximum Gasteiger partial charge on any atom is 0.276 e. The summed E-state index contributed by atoms with van der Waals surface area (Å²) < 4.78 is 5.68. The maximum atomic E-state index is 12.7. The van der Waals surface area contributed by atoms with E-state index in [2.05, 4.69) is 16.4 Å². The highest BCUT2D eigenvalue weighted by Crippen LogP contribution is 2.28. The summed E-state index contributed by atoms with van der Waals surface area (Å²) >= 11 is 3.33. The molecule has 0 saturated heterocycles. The van der Waals surface area contributed by atoms with Gasteiger partial charge in [0.2, 0.25) is 5.89 Å². The van der Waals surface area contributed by atoms with Gasteiger partial charge in [0.15, 0.2) is 5.69 Å². The summed E-state index contributed by atoms with van der Waals surface area (Å²) in [5, 5.41) is 4.06. The normalized spacial score (nSPS) is 14.1. The molecule has 3 aromatic heterocycles. The van der Waals surface area contributed by atoms with E-state index in [1.165, 1.54) is 10.4 Å². The number of fused-ring (bicyclic) bond motifs is 1. The van der Waals surface area contributed by atoms with Crippen LogP contribution in [0.25, 0.3) is 10.8 Å². The second-order valence-corrected chi connectivity index (χ2v) is 7.20. The van der Waals surface area contributed by atoms with E-state index in [9.17, 15) is 4.79 Å². The van der Waals surface area contributed by atoms with Gasteiger partial charge in [0.1, 0.15) is 5.76 Å². The van der Waals surface area contributed by atoms with Crippen molar-refractivity contribution >= 4 is 28.6 Å². The van der Waals surface area contributed by atoms with E-state index in [-0.39, 0.29) is 5.91 Å². The fraction of sp³-hybridized carbons (Fsp3) is 0.250.